The van der Waals surface area contributed by atoms with Crippen molar-refractivity contribution in [3.8, 4) is 11.5 Å². The van der Waals surface area contributed by atoms with Crippen molar-refractivity contribution in [2.45, 2.75) is 13.5 Å². The molecule has 0 unspecified atom stereocenters. The summed E-state index contributed by atoms with van der Waals surface area (Å²) >= 11 is 0. The number of ether oxygens (including phenoxy) is 2. The highest BCUT2D eigenvalue weighted by Gasteiger charge is 2.08. The molecule has 2 aromatic carbocycles. The second kappa shape index (κ2) is 7.26. The van der Waals surface area contributed by atoms with Gasteiger partial charge in [-0.25, -0.2) is 0 Å². The summed E-state index contributed by atoms with van der Waals surface area (Å²) in [5, 5.41) is 10.8. The zero-order chi connectivity index (χ0) is 15.9. The molecule has 0 fully saturated rings. The Balaban J connectivity index is 2.14. The molecule has 0 saturated carbocycles. The maximum Gasteiger partial charge on any atom is 0.269 e. The lowest BCUT2D eigenvalue weighted by atomic mass is 10.2. The average molecular weight is 299 g/mol. The molecule has 0 saturated heterocycles. The highest BCUT2D eigenvalue weighted by molar-refractivity contribution is 5.55. The molecular formula is C17H17NO4. The van der Waals surface area contributed by atoms with Gasteiger partial charge >= 0.3 is 0 Å². The Morgan fingerprint density at radius 2 is 2.00 bits per heavy atom. The van der Waals surface area contributed by atoms with E-state index in [9.17, 15) is 10.1 Å². The van der Waals surface area contributed by atoms with Gasteiger partial charge in [-0.2, -0.15) is 0 Å². The van der Waals surface area contributed by atoms with Crippen molar-refractivity contribution in [1.82, 2.24) is 0 Å². The Morgan fingerprint density at radius 1 is 1.18 bits per heavy atom. The van der Waals surface area contributed by atoms with Crippen molar-refractivity contribution in [3.63, 3.8) is 0 Å². The molecule has 0 amide bonds. The number of hydrogen-bond acceptors (Lipinski definition) is 4. The molecule has 5 nitrogen and oxygen atoms in total. The number of rotatable bonds is 6. The van der Waals surface area contributed by atoms with Gasteiger partial charge in [0.25, 0.3) is 5.69 Å². The second-order valence-corrected chi connectivity index (χ2v) is 4.63. The third-order valence-corrected chi connectivity index (χ3v) is 3.06. The summed E-state index contributed by atoms with van der Waals surface area (Å²) in [7, 11) is 1.58. The fraction of sp³-hybridized carbons (Fsp3) is 0.176. The summed E-state index contributed by atoms with van der Waals surface area (Å²) in [6.45, 7) is 2.18. The molecule has 5 heteroatoms. The summed E-state index contributed by atoms with van der Waals surface area (Å²) in [5.41, 5.74) is 1.80. The number of methoxy groups -OCH3 is 1. The van der Waals surface area contributed by atoms with E-state index >= 15 is 0 Å². The Kier molecular flexibility index (Phi) is 5.14. The average Bonchev–Trinajstić information content (AvgIpc) is 2.54. The predicted octanol–water partition coefficient (Wildman–Crippen LogP) is 4.22. The lowest BCUT2D eigenvalue weighted by Crippen LogP contribution is -1.99. The van der Waals surface area contributed by atoms with E-state index in [1.807, 2.05) is 37.3 Å². The second-order valence-electron chi connectivity index (χ2n) is 4.63. The van der Waals surface area contributed by atoms with E-state index in [1.165, 1.54) is 12.1 Å². The van der Waals surface area contributed by atoms with Crippen LogP contribution in [-0.2, 0) is 6.61 Å². The van der Waals surface area contributed by atoms with Crippen LogP contribution in [0.25, 0.3) is 6.08 Å². The minimum Gasteiger partial charge on any atom is -0.493 e. The molecule has 2 aromatic rings. The molecule has 2 rings (SSSR count). The number of benzene rings is 2. The Hall–Kier alpha value is -2.82. The normalized spacial score (nSPS) is 10.6. The molecule has 0 heterocycles. The fourth-order valence-electron chi connectivity index (χ4n) is 2.02. The van der Waals surface area contributed by atoms with Gasteiger partial charge in [0.15, 0.2) is 11.5 Å². The summed E-state index contributed by atoms with van der Waals surface area (Å²) in [5.74, 6) is 1.23. The smallest absolute Gasteiger partial charge is 0.269 e. The molecule has 0 spiro atoms. The van der Waals surface area contributed by atoms with Gasteiger partial charge in [-0.15, -0.1) is 0 Å². The first-order chi connectivity index (χ1) is 10.6. The Morgan fingerprint density at radius 3 is 2.68 bits per heavy atom. The SMILES string of the molecule is C/C=C/c1ccc(OCc2cccc([N+](=O)[O-])c2)c(OC)c1. The van der Waals surface area contributed by atoms with Crippen molar-refractivity contribution in [2.75, 3.05) is 7.11 Å². The van der Waals surface area contributed by atoms with Crippen LogP contribution in [0.15, 0.2) is 48.5 Å². The topological polar surface area (TPSA) is 61.6 Å². The van der Waals surface area contributed by atoms with E-state index in [0.717, 1.165) is 11.1 Å². The van der Waals surface area contributed by atoms with Gasteiger partial charge in [0, 0.05) is 12.1 Å². The molecule has 114 valence electrons. The summed E-state index contributed by atoms with van der Waals surface area (Å²) in [6, 6.07) is 12.0. The van der Waals surface area contributed by atoms with E-state index in [-0.39, 0.29) is 12.3 Å². The summed E-state index contributed by atoms with van der Waals surface area (Å²) in [6.07, 6.45) is 3.91. The maximum absolute atomic E-state index is 10.8. The van der Waals surface area contributed by atoms with Crippen molar-refractivity contribution in [3.05, 3.63) is 69.8 Å². The van der Waals surface area contributed by atoms with E-state index in [1.54, 1.807) is 19.2 Å². The number of nitro benzene ring substituents is 1. The van der Waals surface area contributed by atoms with E-state index in [4.69, 9.17) is 9.47 Å². The molecule has 0 bridgehead atoms. The predicted molar refractivity (Wildman–Crippen MR) is 85.1 cm³/mol. The van der Waals surface area contributed by atoms with Crippen molar-refractivity contribution in [1.29, 1.82) is 0 Å². The Labute approximate surface area is 129 Å². The maximum atomic E-state index is 10.8. The van der Waals surface area contributed by atoms with Gasteiger partial charge in [0.2, 0.25) is 0 Å². The molecule has 0 aliphatic heterocycles. The number of nitrogens with zero attached hydrogens (tertiary/aromatic N) is 1. The molecule has 0 atom stereocenters. The third-order valence-electron chi connectivity index (χ3n) is 3.06. The molecule has 0 aliphatic rings. The zero-order valence-corrected chi connectivity index (χ0v) is 12.5. The molecule has 0 radical (unpaired) electrons. The number of allylic oxidation sites excluding steroid dienone is 1. The lowest BCUT2D eigenvalue weighted by Gasteiger charge is -2.11. The number of hydrogen-bond donors (Lipinski definition) is 0. The first-order valence-corrected chi connectivity index (χ1v) is 6.81. The number of nitro groups is 1. The van der Waals surface area contributed by atoms with Crippen LogP contribution in [0.5, 0.6) is 11.5 Å². The van der Waals surface area contributed by atoms with Gasteiger partial charge in [-0.05, 0) is 30.2 Å². The Bertz CT molecular complexity index is 695. The molecule has 0 aromatic heterocycles. The van der Waals surface area contributed by atoms with Crippen LogP contribution in [0.4, 0.5) is 5.69 Å². The van der Waals surface area contributed by atoms with Gasteiger partial charge in [-0.1, -0.05) is 30.4 Å². The van der Waals surface area contributed by atoms with Gasteiger partial charge in [-0.3, -0.25) is 10.1 Å². The molecule has 22 heavy (non-hydrogen) atoms. The van der Waals surface area contributed by atoms with Crippen LogP contribution < -0.4 is 9.47 Å². The standard InChI is InChI=1S/C17H17NO4/c1-3-5-13-8-9-16(17(11-13)21-2)22-12-14-6-4-7-15(10-14)18(19)20/h3-11H,12H2,1-2H3/b5-3+. The quantitative estimate of drug-likeness (QED) is 0.592. The lowest BCUT2D eigenvalue weighted by molar-refractivity contribution is -0.384. The van der Waals surface area contributed by atoms with E-state index < -0.39 is 4.92 Å². The monoisotopic (exact) mass is 299 g/mol. The van der Waals surface area contributed by atoms with E-state index in [0.29, 0.717) is 11.5 Å². The summed E-state index contributed by atoms with van der Waals surface area (Å²) in [4.78, 5) is 10.3. The molecular weight excluding hydrogens is 282 g/mol. The van der Waals surface area contributed by atoms with Crippen LogP contribution in [0.3, 0.4) is 0 Å². The summed E-state index contributed by atoms with van der Waals surface area (Å²) < 4.78 is 11.0. The first-order valence-electron chi connectivity index (χ1n) is 6.81. The largest absolute Gasteiger partial charge is 0.493 e. The van der Waals surface area contributed by atoms with Crippen molar-refractivity contribution < 1.29 is 14.4 Å². The van der Waals surface area contributed by atoms with Crippen LogP contribution in [0.1, 0.15) is 18.1 Å². The van der Waals surface area contributed by atoms with Crippen LogP contribution >= 0.6 is 0 Å². The van der Waals surface area contributed by atoms with Gasteiger partial charge in [0.1, 0.15) is 6.61 Å². The molecule has 0 aliphatic carbocycles. The third kappa shape index (κ3) is 3.85. The van der Waals surface area contributed by atoms with Crippen LogP contribution in [0.2, 0.25) is 0 Å². The first kappa shape index (κ1) is 15.6. The van der Waals surface area contributed by atoms with Crippen molar-refractivity contribution >= 4 is 11.8 Å². The van der Waals surface area contributed by atoms with Crippen LogP contribution in [0, 0.1) is 10.1 Å². The van der Waals surface area contributed by atoms with Gasteiger partial charge < -0.3 is 9.47 Å². The fourth-order valence-corrected chi connectivity index (χ4v) is 2.02. The zero-order valence-electron chi connectivity index (χ0n) is 12.5. The van der Waals surface area contributed by atoms with E-state index in [2.05, 4.69) is 0 Å². The van der Waals surface area contributed by atoms with Crippen molar-refractivity contribution in [2.24, 2.45) is 0 Å². The van der Waals surface area contributed by atoms with Crippen LogP contribution in [-0.4, -0.2) is 12.0 Å². The highest BCUT2D eigenvalue weighted by atomic mass is 16.6. The molecule has 0 N–H and O–H groups in total. The van der Waals surface area contributed by atoms with Gasteiger partial charge in [0.05, 0.1) is 12.0 Å². The number of non-ortho nitro benzene ring substituents is 1. The minimum atomic E-state index is -0.421. The highest BCUT2D eigenvalue weighted by Crippen LogP contribution is 2.29. The minimum absolute atomic E-state index is 0.0523.